The van der Waals surface area contributed by atoms with E-state index >= 15 is 0 Å². The van der Waals surface area contributed by atoms with Gasteiger partial charge in [-0.25, -0.2) is 4.98 Å². The highest BCUT2D eigenvalue weighted by molar-refractivity contribution is 7.20. The van der Waals surface area contributed by atoms with Crippen LogP contribution in [-0.4, -0.2) is 20.5 Å². The molecule has 0 amide bonds. The molecular weight excluding hydrogens is 427 g/mol. The zero-order chi connectivity index (χ0) is 20.5. The number of aromatic amines is 1. The lowest BCUT2D eigenvalue weighted by molar-refractivity contribution is 0.790. The molecule has 148 valence electrons. The summed E-state index contributed by atoms with van der Waals surface area (Å²) in [6.07, 6.45) is 1.63. The Bertz CT molecular complexity index is 1250. The van der Waals surface area contributed by atoms with Crippen molar-refractivity contribution in [3.8, 4) is 5.13 Å². The normalized spacial score (nSPS) is 12.1. The van der Waals surface area contributed by atoms with Crippen molar-refractivity contribution in [1.82, 2.24) is 14.8 Å². The third-order valence-corrected chi connectivity index (χ3v) is 6.26. The second-order valence-corrected chi connectivity index (χ2v) is 8.44. The van der Waals surface area contributed by atoms with Gasteiger partial charge in [0.15, 0.2) is 0 Å². The summed E-state index contributed by atoms with van der Waals surface area (Å²) >= 11 is 13.6. The lowest BCUT2D eigenvalue weighted by atomic mass is 10.1. The minimum atomic E-state index is -0.159. The number of thiazole rings is 1. The molecule has 0 saturated carbocycles. The Morgan fingerprint density at radius 3 is 2.72 bits per heavy atom. The van der Waals surface area contributed by atoms with Crippen molar-refractivity contribution in [3.05, 3.63) is 74.1 Å². The van der Waals surface area contributed by atoms with E-state index in [9.17, 15) is 4.79 Å². The zero-order valence-corrected chi connectivity index (χ0v) is 18.2. The summed E-state index contributed by atoms with van der Waals surface area (Å²) < 4.78 is 2.54. The fraction of sp³-hybridized carbons (Fsp3) is 0.190. The van der Waals surface area contributed by atoms with E-state index in [0.717, 1.165) is 28.8 Å². The maximum Gasteiger partial charge on any atom is 0.282 e. The van der Waals surface area contributed by atoms with E-state index in [1.165, 1.54) is 16.0 Å². The van der Waals surface area contributed by atoms with Gasteiger partial charge in [0.25, 0.3) is 5.56 Å². The van der Waals surface area contributed by atoms with Gasteiger partial charge in [-0.05, 0) is 43.7 Å². The molecule has 4 aromatic rings. The first-order valence-electron chi connectivity index (χ1n) is 9.18. The maximum atomic E-state index is 13.3. The number of benzene rings is 2. The largest absolute Gasteiger partial charge is 0.292 e. The molecule has 0 bridgehead atoms. The van der Waals surface area contributed by atoms with Gasteiger partial charge < -0.3 is 0 Å². The molecule has 0 unspecified atom stereocenters. The number of nitrogens with zero attached hydrogens (tertiary/aromatic N) is 3. The molecule has 2 aromatic carbocycles. The lowest BCUT2D eigenvalue weighted by Gasteiger charge is -2.02. The highest BCUT2D eigenvalue weighted by Crippen LogP contribution is 2.27. The Balaban J connectivity index is 1.83. The van der Waals surface area contributed by atoms with Gasteiger partial charge in [0.2, 0.25) is 5.13 Å². The van der Waals surface area contributed by atoms with Crippen molar-refractivity contribution < 1.29 is 0 Å². The number of aliphatic imine (C=N–C) groups is 1. The molecule has 0 aliphatic rings. The smallest absolute Gasteiger partial charge is 0.282 e. The number of rotatable bonds is 5. The molecule has 0 fully saturated rings. The summed E-state index contributed by atoms with van der Waals surface area (Å²) in [6, 6.07) is 13.0. The van der Waals surface area contributed by atoms with E-state index in [1.807, 2.05) is 31.2 Å². The van der Waals surface area contributed by atoms with Gasteiger partial charge >= 0.3 is 0 Å². The molecule has 8 heteroatoms. The number of hydrogen-bond acceptors (Lipinski definition) is 4. The van der Waals surface area contributed by atoms with Crippen LogP contribution in [0.15, 0.2) is 52.3 Å². The molecule has 2 aromatic heterocycles. The Kier molecular flexibility index (Phi) is 5.58. The fourth-order valence-corrected chi connectivity index (χ4v) is 4.40. The highest BCUT2D eigenvalue weighted by atomic mass is 35.5. The van der Waals surface area contributed by atoms with Gasteiger partial charge in [0, 0.05) is 5.69 Å². The molecule has 0 radical (unpaired) electrons. The van der Waals surface area contributed by atoms with Crippen LogP contribution in [0.3, 0.4) is 0 Å². The summed E-state index contributed by atoms with van der Waals surface area (Å²) in [5.41, 5.74) is 3.39. The average Bonchev–Trinajstić information content (AvgIpc) is 3.26. The molecule has 2 heterocycles. The third kappa shape index (κ3) is 3.88. The first-order valence-corrected chi connectivity index (χ1v) is 10.8. The number of nitrogens with one attached hydrogen (secondary N) is 1. The molecule has 0 atom stereocenters. The van der Waals surface area contributed by atoms with Gasteiger partial charge in [-0.2, -0.15) is 4.68 Å². The highest BCUT2D eigenvalue weighted by Gasteiger charge is 2.19. The summed E-state index contributed by atoms with van der Waals surface area (Å²) in [7, 11) is 0. The van der Waals surface area contributed by atoms with Crippen molar-refractivity contribution >= 4 is 56.2 Å². The number of fused-ring (bicyclic) bond motifs is 1. The first kappa shape index (κ1) is 19.9. The first-order chi connectivity index (χ1) is 14.0. The van der Waals surface area contributed by atoms with Crippen molar-refractivity contribution in [3.63, 3.8) is 0 Å². The number of aromatic nitrogens is 3. The average molecular weight is 445 g/mol. The van der Waals surface area contributed by atoms with Crippen molar-refractivity contribution in [1.29, 1.82) is 0 Å². The van der Waals surface area contributed by atoms with Crippen LogP contribution in [0.5, 0.6) is 0 Å². The second-order valence-electron chi connectivity index (χ2n) is 6.62. The van der Waals surface area contributed by atoms with Crippen LogP contribution >= 0.6 is 34.5 Å². The second kappa shape index (κ2) is 8.14. The van der Waals surface area contributed by atoms with Gasteiger partial charge in [0.05, 0.1) is 37.2 Å². The Morgan fingerprint density at radius 2 is 2.00 bits per heavy atom. The van der Waals surface area contributed by atoms with E-state index in [4.69, 9.17) is 23.2 Å². The van der Waals surface area contributed by atoms with Crippen LogP contribution in [0.4, 0.5) is 5.69 Å². The van der Waals surface area contributed by atoms with Gasteiger partial charge in [-0.1, -0.05) is 60.0 Å². The van der Waals surface area contributed by atoms with Gasteiger partial charge in [-0.15, -0.1) is 0 Å². The van der Waals surface area contributed by atoms with Crippen molar-refractivity contribution in [2.45, 2.75) is 26.7 Å². The molecule has 0 spiro atoms. The van der Waals surface area contributed by atoms with Crippen LogP contribution in [0.2, 0.25) is 10.0 Å². The quantitative estimate of drug-likeness (QED) is 0.373. The summed E-state index contributed by atoms with van der Waals surface area (Å²) in [6.45, 7) is 3.90. The number of hydrogen-bond donors (Lipinski definition) is 1. The van der Waals surface area contributed by atoms with E-state index in [0.29, 0.717) is 32.1 Å². The topological polar surface area (TPSA) is 63.0 Å². The molecule has 4 rings (SSSR count). The van der Waals surface area contributed by atoms with Gasteiger partial charge in [-0.3, -0.25) is 14.9 Å². The summed E-state index contributed by atoms with van der Waals surface area (Å²) in [5.74, 6) is 0. The molecular formula is C21H18Cl2N4OS. The summed E-state index contributed by atoms with van der Waals surface area (Å²) in [5, 5.41) is 4.75. The predicted octanol–water partition coefficient (Wildman–Crippen LogP) is 6.18. The lowest BCUT2D eigenvalue weighted by Crippen LogP contribution is -2.19. The van der Waals surface area contributed by atoms with E-state index < -0.39 is 0 Å². The fourth-order valence-electron chi connectivity index (χ4n) is 3.18. The SMILES string of the molecule is CCCc1[nH]n(-c2nc3ccccc3s2)c(=O)c1C(C)=Nc1ccc(Cl)c(Cl)c1. The molecule has 1 N–H and O–H groups in total. The molecule has 29 heavy (non-hydrogen) atoms. The van der Waals surface area contributed by atoms with Crippen molar-refractivity contribution in [2.75, 3.05) is 0 Å². The predicted molar refractivity (Wildman–Crippen MR) is 122 cm³/mol. The number of para-hydroxylation sites is 1. The zero-order valence-electron chi connectivity index (χ0n) is 15.9. The van der Waals surface area contributed by atoms with Gasteiger partial charge in [0.1, 0.15) is 0 Å². The van der Waals surface area contributed by atoms with Crippen LogP contribution in [0.25, 0.3) is 15.3 Å². The van der Waals surface area contributed by atoms with Crippen LogP contribution in [-0.2, 0) is 6.42 Å². The van der Waals surface area contributed by atoms with Crippen LogP contribution in [0.1, 0.15) is 31.5 Å². The number of H-pyrrole nitrogens is 1. The molecule has 0 aliphatic heterocycles. The number of halogens is 2. The van der Waals surface area contributed by atoms with E-state index in [2.05, 4.69) is 22.0 Å². The maximum absolute atomic E-state index is 13.3. The summed E-state index contributed by atoms with van der Waals surface area (Å²) in [4.78, 5) is 22.5. The van der Waals surface area contributed by atoms with Crippen LogP contribution < -0.4 is 5.56 Å². The molecule has 0 aliphatic carbocycles. The molecule has 5 nitrogen and oxygen atoms in total. The number of aryl methyl sites for hydroxylation is 1. The minimum absolute atomic E-state index is 0.159. The molecule has 0 saturated heterocycles. The Hall–Kier alpha value is -2.41. The van der Waals surface area contributed by atoms with E-state index in [1.54, 1.807) is 18.2 Å². The minimum Gasteiger partial charge on any atom is -0.292 e. The van der Waals surface area contributed by atoms with Crippen molar-refractivity contribution in [2.24, 2.45) is 4.99 Å². The Morgan fingerprint density at radius 1 is 1.21 bits per heavy atom. The van der Waals surface area contributed by atoms with E-state index in [-0.39, 0.29) is 5.56 Å². The third-order valence-electron chi connectivity index (χ3n) is 4.50. The Labute approximate surface area is 181 Å². The standard InChI is InChI=1S/C21H18Cl2N4OS/c1-3-6-17-19(12(2)24-13-9-10-14(22)15(23)11-13)20(28)27(26-17)21-25-16-7-4-5-8-18(16)29-21/h4-5,7-11,26H,3,6H2,1-2H3. The monoisotopic (exact) mass is 444 g/mol. The van der Waals surface area contributed by atoms with Crippen LogP contribution in [0, 0.1) is 0 Å².